The fourth-order valence-electron chi connectivity index (χ4n) is 7.51. The van der Waals surface area contributed by atoms with E-state index < -0.39 is 0 Å². The highest BCUT2D eigenvalue weighted by molar-refractivity contribution is 7.07. The quantitative estimate of drug-likeness (QED) is 0.308. The van der Waals surface area contributed by atoms with Crippen LogP contribution in [-0.2, 0) is 6.42 Å². The lowest BCUT2D eigenvalue weighted by atomic mass is 9.53. The molecule has 8 rings (SSSR count). The largest absolute Gasteiger partial charge is 0.457 e. The van der Waals surface area contributed by atoms with Crippen molar-refractivity contribution >= 4 is 17.0 Å². The van der Waals surface area contributed by atoms with Crippen molar-refractivity contribution < 1.29 is 4.74 Å². The second-order valence-electron chi connectivity index (χ2n) is 11.8. The average Bonchev–Trinajstić information content (AvgIpc) is 3.63. The molecule has 0 spiro atoms. The van der Waals surface area contributed by atoms with Gasteiger partial charge in [-0.2, -0.15) is 0 Å². The molecule has 0 radical (unpaired) electrons. The lowest BCUT2D eigenvalue weighted by molar-refractivity contribution is -0.000408. The van der Waals surface area contributed by atoms with Crippen molar-refractivity contribution in [1.82, 2.24) is 4.57 Å². The number of thiazole rings is 1. The number of rotatable bonds is 9. The minimum Gasteiger partial charge on any atom is -0.457 e. The summed E-state index contributed by atoms with van der Waals surface area (Å²) in [6.45, 7) is 0.973. The van der Waals surface area contributed by atoms with Gasteiger partial charge >= 0.3 is 0 Å². The summed E-state index contributed by atoms with van der Waals surface area (Å²) in [7, 11) is 0. The van der Waals surface area contributed by atoms with Crippen LogP contribution >= 0.6 is 11.3 Å². The van der Waals surface area contributed by atoms with Crippen LogP contribution in [0.25, 0.3) is 0 Å². The standard InChI is InChI=1S/C31H37N3OS/c1-2-6-28(7-3-1)35-29-12-8-25(9-13-29)32-14-4-5-27-21-36-30(34(27)26-10-11-26)33-31-18-22-15-23(19-31)17-24(16-22)20-31/h1-3,6-9,12-13,21-24,26,32H,4-5,10-11,14-20H2. The molecular weight excluding hydrogens is 462 g/mol. The monoisotopic (exact) mass is 499 g/mol. The maximum Gasteiger partial charge on any atom is 0.185 e. The Hall–Kier alpha value is -2.53. The van der Waals surface area contributed by atoms with Gasteiger partial charge in [-0.1, -0.05) is 18.2 Å². The molecule has 0 amide bonds. The maximum absolute atomic E-state index is 5.91. The fraction of sp³-hybridized carbons (Fsp3) is 0.516. The van der Waals surface area contributed by atoms with Crippen LogP contribution in [-0.4, -0.2) is 16.7 Å². The highest BCUT2D eigenvalue weighted by Gasteiger charge is 2.51. The summed E-state index contributed by atoms with van der Waals surface area (Å²) in [5.74, 6) is 4.61. The van der Waals surface area contributed by atoms with Crippen molar-refractivity contribution in [2.75, 3.05) is 11.9 Å². The molecule has 36 heavy (non-hydrogen) atoms. The summed E-state index contributed by atoms with van der Waals surface area (Å²) in [5.41, 5.74) is 2.92. The average molecular weight is 500 g/mol. The Morgan fingerprint density at radius 2 is 1.56 bits per heavy atom. The van der Waals surface area contributed by atoms with Gasteiger partial charge in [0.1, 0.15) is 11.5 Å². The van der Waals surface area contributed by atoms with Gasteiger partial charge < -0.3 is 14.6 Å². The summed E-state index contributed by atoms with van der Waals surface area (Å²) in [5, 5.41) is 6.01. The van der Waals surface area contributed by atoms with Crippen molar-refractivity contribution in [3.05, 3.63) is 70.5 Å². The summed E-state index contributed by atoms with van der Waals surface area (Å²) in [6, 6.07) is 18.9. The highest BCUT2D eigenvalue weighted by atomic mass is 32.1. The molecule has 4 nitrogen and oxygen atoms in total. The lowest BCUT2D eigenvalue weighted by Crippen LogP contribution is -2.50. The summed E-state index contributed by atoms with van der Waals surface area (Å²) >= 11 is 1.91. The van der Waals surface area contributed by atoms with Crippen molar-refractivity contribution in [2.24, 2.45) is 22.7 Å². The Balaban J connectivity index is 0.980. The SMILES string of the molecule is c1ccc(Oc2ccc(NCCCc3csc(=NC45CC6CC(CC(C6)C4)C5)n3C3CC3)cc2)cc1. The molecule has 0 atom stereocenters. The van der Waals surface area contributed by atoms with E-state index in [2.05, 4.69) is 27.4 Å². The van der Waals surface area contributed by atoms with Crippen LogP contribution in [0.4, 0.5) is 5.69 Å². The second kappa shape index (κ2) is 9.41. The van der Waals surface area contributed by atoms with E-state index in [9.17, 15) is 0 Å². The predicted molar refractivity (Wildman–Crippen MR) is 147 cm³/mol. The number of nitrogens with one attached hydrogen (secondary N) is 1. The summed E-state index contributed by atoms with van der Waals surface area (Å²) in [4.78, 5) is 6.93. The molecule has 2 aromatic carbocycles. The molecule has 4 bridgehead atoms. The van der Waals surface area contributed by atoms with Gasteiger partial charge in [-0.15, -0.1) is 11.3 Å². The second-order valence-corrected chi connectivity index (χ2v) is 12.7. The van der Waals surface area contributed by atoms with Gasteiger partial charge in [0.15, 0.2) is 4.80 Å². The number of anilines is 1. The van der Waals surface area contributed by atoms with Gasteiger partial charge in [-0.05, 0) is 118 Å². The van der Waals surface area contributed by atoms with Gasteiger partial charge in [0, 0.05) is 29.3 Å². The number of aromatic nitrogens is 1. The normalized spacial score (nSPS) is 29.0. The zero-order valence-electron chi connectivity index (χ0n) is 21.1. The molecule has 5 aliphatic rings. The minimum absolute atomic E-state index is 0.269. The number of nitrogens with zero attached hydrogens (tertiary/aromatic N) is 2. The number of aryl methyl sites for hydroxylation is 1. The van der Waals surface area contributed by atoms with E-state index >= 15 is 0 Å². The first-order chi connectivity index (χ1) is 17.7. The molecule has 3 aromatic rings. The molecule has 1 N–H and O–H groups in total. The first-order valence-electron chi connectivity index (χ1n) is 14.0. The number of hydrogen-bond acceptors (Lipinski definition) is 4. The lowest BCUT2D eigenvalue weighted by Gasteiger charge is -2.54. The molecule has 1 heterocycles. The third kappa shape index (κ3) is 4.74. The van der Waals surface area contributed by atoms with Gasteiger partial charge in [0.25, 0.3) is 0 Å². The van der Waals surface area contributed by atoms with Crippen molar-refractivity contribution in [3.8, 4) is 11.5 Å². The van der Waals surface area contributed by atoms with Gasteiger partial charge in [-0.25, -0.2) is 0 Å². The molecule has 5 saturated carbocycles. The van der Waals surface area contributed by atoms with E-state index in [4.69, 9.17) is 9.73 Å². The molecule has 5 fully saturated rings. The van der Waals surface area contributed by atoms with E-state index in [0.717, 1.165) is 54.3 Å². The van der Waals surface area contributed by atoms with E-state index in [0.29, 0.717) is 6.04 Å². The van der Waals surface area contributed by atoms with E-state index in [1.807, 2.05) is 53.8 Å². The van der Waals surface area contributed by atoms with Crippen LogP contribution in [0.15, 0.2) is 65.0 Å². The first-order valence-corrected chi connectivity index (χ1v) is 14.9. The summed E-state index contributed by atoms with van der Waals surface area (Å²) < 4.78 is 8.55. The van der Waals surface area contributed by atoms with E-state index in [1.54, 1.807) is 0 Å². The molecule has 0 saturated heterocycles. The van der Waals surface area contributed by atoms with Crippen LogP contribution in [0.1, 0.15) is 69.5 Å². The van der Waals surface area contributed by atoms with Gasteiger partial charge in [0.05, 0.1) is 5.54 Å². The van der Waals surface area contributed by atoms with Crippen LogP contribution in [0.3, 0.4) is 0 Å². The van der Waals surface area contributed by atoms with Gasteiger partial charge in [0.2, 0.25) is 0 Å². The Labute approximate surface area is 218 Å². The maximum atomic E-state index is 5.91. The van der Waals surface area contributed by atoms with Crippen molar-refractivity contribution in [1.29, 1.82) is 0 Å². The Kier molecular flexibility index (Phi) is 5.92. The number of benzene rings is 2. The fourth-order valence-corrected chi connectivity index (χ4v) is 8.61. The predicted octanol–water partition coefficient (Wildman–Crippen LogP) is 7.59. The van der Waals surface area contributed by atoms with Crippen LogP contribution in [0, 0.1) is 17.8 Å². The zero-order chi connectivity index (χ0) is 24.0. The number of para-hydroxylation sites is 1. The number of ether oxygens (including phenoxy) is 1. The van der Waals surface area contributed by atoms with Crippen LogP contribution in [0.5, 0.6) is 11.5 Å². The molecule has 5 heteroatoms. The smallest absolute Gasteiger partial charge is 0.185 e. The Morgan fingerprint density at radius 3 is 2.22 bits per heavy atom. The first kappa shape index (κ1) is 22.7. The minimum atomic E-state index is 0.269. The highest BCUT2D eigenvalue weighted by Crippen LogP contribution is 2.57. The van der Waals surface area contributed by atoms with Crippen LogP contribution < -0.4 is 14.9 Å². The Bertz CT molecular complexity index is 1220. The van der Waals surface area contributed by atoms with Crippen molar-refractivity contribution in [3.63, 3.8) is 0 Å². The molecule has 5 aliphatic carbocycles. The molecule has 0 aliphatic heterocycles. The molecule has 0 unspecified atom stereocenters. The zero-order valence-corrected chi connectivity index (χ0v) is 21.9. The molecule has 188 valence electrons. The number of hydrogen-bond donors (Lipinski definition) is 1. The van der Waals surface area contributed by atoms with Gasteiger partial charge in [-0.3, -0.25) is 4.99 Å². The van der Waals surface area contributed by atoms with Crippen LogP contribution in [0.2, 0.25) is 0 Å². The molecular formula is C31H37N3OS. The topological polar surface area (TPSA) is 38.5 Å². The van der Waals surface area contributed by atoms with E-state index in [1.165, 1.54) is 61.9 Å². The van der Waals surface area contributed by atoms with E-state index in [-0.39, 0.29) is 5.54 Å². The van der Waals surface area contributed by atoms with Crippen molar-refractivity contribution in [2.45, 2.75) is 75.8 Å². The summed E-state index contributed by atoms with van der Waals surface area (Å²) in [6.07, 6.45) is 13.4. The molecule has 1 aromatic heterocycles. The Morgan fingerprint density at radius 1 is 0.889 bits per heavy atom. The third-order valence-corrected chi connectivity index (χ3v) is 9.73. The third-order valence-electron chi connectivity index (χ3n) is 8.84.